The number of carbonyl (C=O) groups excluding carboxylic acids is 1. The summed E-state index contributed by atoms with van der Waals surface area (Å²) in [6, 6.07) is 0. The summed E-state index contributed by atoms with van der Waals surface area (Å²) >= 11 is 10.3. The van der Waals surface area contributed by atoms with Gasteiger partial charge in [0.1, 0.15) is 0 Å². The number of hydrogen-bond acceptors (Lipinski definition) is 2. The molecular weight excluding hydrogens is 548 g/mol. The van der Waals surface area contributed by atoms with E-state index in [1.54, 1.807) is 0 Å². The zero-order valence-electron chi connectivity index (χ0n) is 16.4. The Hall–Kier alpha value is 0.870. The van der Waals surface area contributed by atoms with Gasteiger partial charge >= 0.3 is 0 Å². The fraction of sp³-hybridized carbons (Fsp3) is 0.955. The summed E-state index contributed by atoms with van der Waals surface area (Å²) in [6.45, 7) is 0. The highest BCUT2D eigenvalue weighted by molar-refractivity contribution is 9.40. The van der Waals surface area contributed by atoms with E-state index in [9.17, 15) is 4.79 Å². The predicted octanol–water partition coefficient (Wildman–Crippen LogP) is 5.58. The first kappa shape index (κ1) is 19.5. The van der Waals surface area contributed by atoms with Gasteiger partial charge in [-0.1, -0.05) is 0 Å². The van der Waals surface area contributed by atoms with E-state index in [0.29, 0.717) is 10.8 Å². The van der Waals surface area contributed by atoms with Crippen LogP contribution in [0.15, 0.2) is 0 Å². The van der Waals surface area contributed by atoms with Gasteiger partial charge < -0.3 is 11.1 Å². The van der Waals surface area contributed by atoms with Gasteiger partial charge in [-0.2, -0.15) is 0 Å². The molecule has 0 radical (unpaired) electrons. The van der Waals surface area contributed by atoms with Crippen LogP contribution in [0.5, 0.6) is 0 Å². The van der Waals surface area contributed by atoms with Gasteiger partial charge in [0.2, 0.25) is 2.14 Å². The molecule has 1 amide bonds. The maximum atomic E-state index is 12.9. The Balaban J connectivity index is 1.37. The van der Waals surface area contributed by atoms with Crippen molar-refractivity contribution in [2.24, 2.45) is 40.2 Å². The Morgan fingerprint density at radius 2 is 1.25 bits per heavy atom. The summed E-state index contributed by atoms with van der Waals surface area (Å²) < 4.78 is -0.856. The van der Waals surface area contributed by atoms with E-state index in [0.717, 1.165) is 23.7 Å². The Morgan fingerprint density at radius 1 is 0.786 bits per heavy atom. The van der Waals surface area contributed by atoms with Crippen molar-refractivity contribution in [3.63, 3.8) is 0 Å². The number of rotatable bonds is 2. The molecule has 8 rings (SSSR count). The first-order valence-corrected chi connectivity index (χ1v) is 13.6. The zero-order chi connectivity index (χ0) is 19.6. The number of carbonyl (C=O) groups is 1. The van der Waals surface area contributed by atoms with Crippen LogP contribution in [0.1, 0.15) is 77.0 Å². The minimum absolute atomic E-state index is 0.00712. The largest absolute Gasteiger partial charge is 0.348 e. The van der Waals surface area contributed by atoms with Crippen molar-refractivity contribution in [3.8, 4) is 0 Å². The molecule has 0 saturated heterocycles. The number of nitrogens with one attached hydrogen (secondary N) is 1. The van der Waals surface area contributed by atoms with Gasteiger partial charge in [0.15, 0.2) is 0 Å². The standard InChI is InChI=1S/C22H31Br3N2O/c23-22(24,25)17(28)27-21-9-15-2-16(10-21)6-19(5-15,12-21)18-3-13-1-14(4-18)8-20(26,7-13)11-18/h13-16H,1-12,26H2,(H,27,28). The second-order valence-corrected chi connectivity index (χ2v) is 18.8. The van der Waals surface area contributed by atoms with Crippen molar-refractivity contribution >= 4 is 53.7 Å². The third kappa shape index (κ3) is 2.75. The average Bonchev–Trinajstić information content (AvgIpc) is 2.49. The highest BCUT2D eigenvalue weighted by Gasteiger charge is 2.69. The normalized spacial score (nSPS) is 56.3. The molecule has 3 nitrogen and oxygen atoms in total. The molecule has 0 heterocycles. The fourth-order valence-electron chi connectivity index (χ4n) is 10.3. The topological polar surface area (TPSA) is 55.1 Å². The predicted molar refractivity (Wildman–Crippen MR) is 122 cm³/mol. The molecule has 0 aliphatic heterocycles. The summed E-state index contributed by atoms with van der Waals surface area (Å²) in [5.41, 5.74) is 7.98. The van der Waals surface area contributed by atoms with Crippen molar-refractivity contribution in [2.75, 3.05) is 0 Å². The molecule has 8 bridgehead atoms. The van der Waals surface area contributed by atoms with Crippen LogP contribution >= 0.6 is 47.8 Å². The van der Waals surface area contributed by atoms with Gasteiger partial charge in [-0.15, -0.1) is 0 Å². The van der Waals surface area contributed by atoms with Crippen molar-refractivity contribution in [2.45, 2.75) is 90.3 Å². The van der Waals surface area contributed by atoms with Crippen LogP contribution < -0.4 is 11.1 Å². The molecule has 4 unspecified atom stereocenters. The van der Waals surface area contributed by atoms with Gasteiger partial charge in [-0.25, -0.2) is 0 Å². The maximum Gasteiger partial charge on any atom is 0.259 e. The molecule has 156 valence electrons. The second kappa shape index (κ2) is 5.81. The molecule has 4 atom stereocenters. The Kier molecular flexibility index (Phi) is 4.05. The average molecular weight is 579 g/mol. The van der Waals surface area contributed by atoms with Crippen LogP contribution in [0.4, 0.5) is 0 Å². The summed E-state index contributed by atoms with van der Waals surface area (Å²) in [6.07, 6.45) is 15.8. The summed E-state index contributed by atoms with van der Waals surface area (Å²) in [4.78, 5) is 12.9. The Morgan fingerprint density at radius 3 is 1.71 bits per heavy atom. The van der Waals surface area contributed by atoms with Gasteiger partial charge in [0.05, 0.1) is 0 Å². The number of halogens is 3. The lowest BCUT2D eigenvalue weighted by Crippen LogP contribution is -2.71. The Bertz CT molecular complexity index is 704. The number of amides is 1. The van der Waals surface area contributed by atoms with Crippen LogP contribution in [-0.2, 0) is 4.79 Å². The molecule has 6 heteroatoms. The van der Waals surface area contributed by atoms with Gasteiger partial charge in [0.25, 0.3) is 5.91 Å². The molecule has 3 N–H and O–H groups in total. The molecule has 8 aliphatic rings. The van der Waals surface area contributed by atoms with E-state index in [1.807, 2.05) is 0 Å². The van der Waals surface area contributed by atoms with Crippen molar-refractivity contribution in [1.82, 2.24) is 5.32 Å². The van der Waals surface area contributed by atoms with E-state index in [2.05, 4.69) is 53.1 Å². The maximum absolute atomic E-state index is 12.9. The smallest absolute Gasteiger partial charge is 0.259 e. The fourth-order valence-corrected chi connectivity index (χ4v) is 10.6. The summed E-state index contributed by atoms with van der Waals surface area (Å²) in [5.74, 6) is 3.33. The van der Waals surface area contributed by atoms with E-state index >= 15 is 0 Å². The summed E-state index contributed by atoms with van der Waals surface area (Å²) in [7, 11) is 0. The molecule has 28 heavy (non-hydrogen) atoms. The molecule has 0 aromatic heterocycles. The lowest BCUT2D eigenvalue weighted by atomic mass is 9.33. The van der Waals surface area contributed by atoms with E-state index in [4.69, 9.17) is 5.73 Å². The van der Waals surface area contributed by atoms with Crippen molar-refractivity contribution in [1.29, 1.82) is 0 Å². The third-order valence-corrected chi connectivity index (χ3v) is 11.0. The molecule has 8 aliphatic carbocycles. The molecule has 8 saturated carbocycles. The van der Waals surface area contributed by atoms with Crippen LogP contribution in [0.3, 0.4) is 0 Å². The lowest BCUT2D eigenvalue weighted by molar-refractivity contribution is -0.212. The van der Waals surface area contributed by atoms with Gasteiger partial charge in [-0.05, 0) is 159 Å². The van der Waals surface area contributed by atoms with E-state index < -0.39 is 2.14 Å². The van der Waals surface area contributed by atoms with Gasteiger partial charge in [0, 0.05) is 11.1 Å². The van der Waals surface area contributed by atoms with Crippen LogP contribution in [0, 0.1) is 34.5 Å². The number of hydrogen-bond donors (Lipinski definition) is 2. The van der Waals surface area contributed by atoms with Crippen LogP contribution in [-0.4, -0.2) is 19.1 Å². The molecule has 0 aromatic carbocycles. The van der Waals surface area contributed by atoms with E-state index in [-0.39, 0.29) is 17.0 Å². The quantitative estimate of drug-likeness (QED) is 0.421. The SMILES string of the molecule is NC12CC3CC(C1)CC(C14CC5CC(CC(NC(=O)C(Br)(Br)Br)(C5)C1)C4)(C3)C2. The van der Waals surface area contributed by atoms with Crippen molar-refractivity contribution in [3.05, 3.63) is 0 Å². The minimum atomic E-state index is -0.856. The van der Waals surface area contributed by atoms with Gasteiger partial charge in [-0.3, -0.25) is 4.79 Å². The number of alkyl halides is 3. The molecular formula is C22H31Br3N2O. The lowest BCUT2D eigenvalue weighted by Gasteiger charge is -2.73. The minimum Gasteiger partial charge on any atom is -0.348 e. The third-order valence-electron chi connectivity index (χ3n) is 9.93. The zero-order valence-corrected chi connectivity index (χ0v) is 21.2. The Labute approximate surface area is 193 Å². The summed E-state index contributed by atoms with van der Waals surface area (Å²) in [5, 5.41) is 3.52. The monoisotopic (exact) mass is 576 g/mol. The molecule has 8 fully saturated rings. The molecule has 0 spiro atoms. The van der Waals surface area contributed by atoms with E-state index in [1.165, 1.54) is 77.0 Å². The second-order valence-electron chi connectivity index (χ2n) is 12.1. The van der Waals surface area contributed by atoms with Crippen molar-refractivity contribution < 1.29 is 4.79 Å². The number of nitrogens with two attached hydrogens (primary N) is 1. The first-order valence-electron chi connectivity index (χ1n) is 11.2. The van der Waals surface area contributed by atoms with Crippen LogP contribution in [0.2, 0.25) is 0 Å². The van der Waals surface area contributed by atoms with Crippen LogP contribution in [0.25, 0.3) is 0 Å². The first-order chi connectivity index (χ1) is 13.0. The highest BCUT2D eigenvalue weighted by atomic mass is 80.0. The highest BCUT2D eigenvalue weighted by Crippen LogP contribution is 2.75. The molecule has 0 aromatic rings.